The first kappa shape index (κ1) is 16.4. The van der Waals surface area contributed by atoms with Gasteiger partial charge in [0.15, 0.2) is 0 Å². The molecule has 3 fully saturated rings. The van der Waals surface area contributed by atoms with Crippen molar-refractivity contribution < 1.29 is 20.1 Å². The Morgan fingerprint density at radius 1 is 1.35 bits per heavy atom. The van der Waals surface area contributed by atoms with Gasteiger partial charge in [0.25, 0.3) is 0 Å². The first-order chi connectivity index (χ1) is 10.9. The third-order valence-electron chi connectivity index (χ3n) is 6.01. The average molecular weight is 319 g/mol. The van der Waals surface area contributed by atoms with Crippen LogP contribution < -0.4 is 0 Å². The highest BCUT2D eigenvalue weighted by molar-refractivity contribution is 5.75. The van der Waals surface area contributed by atoms with Crippen molar-refractivity contribution in [3.05, 3.63) is 35.9 Å². The van der Waals surface area contributed by atoms with E-state index < -0.39 is 35.7 Å². The summed E-state index contributed by atoms with van der Waals surface area (Å²) in [7, 11) is 0. The zero-order chi connectivity index (χ0) is 16.8. The third-order valence-corrected chi connectivity index (χ3v) is 6.01. The van der Waals surface area contributed by atoms with Gasteiger partial charge >= 0.3 is 5.97 Å². The standard InChI is InChI=1S/C18H25NO4/c1-3-18-10-9-13(15(20)16(18)21)14(17(22)23)19(18)11(2)12-7-5-4-6-8-12/h4-8,11,13-16,20-21H,3,9-10H2,1-2H3,(H,22,23)/t11-,13+,14+,15+,16+,18+/m1/s1. The minimum absolute atomic E-state index is 0.137. The molecule has 0 unspecified atom stereocenters. The molecule has 0 radical (unpaired) electrons. The first-order valence-electron chi connectivity index (χ1n) is 8.36. The minimum Gasteiger partial charge on any atom is -0.480 e. The van der Waals surface area contributed by atoms with Gasteiger partial charge in [-0.05, 0) is 31.7 Å². The topological polar surface area (TPSA) is 81.0 Å². The molecule has 4 rings (SSSR count). The minimum atomic E-state index is -0.968. The summed E-state index contributed by atoms with van der Waals surface area (Å²) in [6, 6.07) is 8.87. The number of nitrogens with zero attached hydrogens (tertiary/aromatic N) is 1. The molecule has 2 heterocycles. The summed E-state index contributed by atoms with van der Waals surface area (Å²) in [6.07, 6.45) is 0.0878. The van der Waals surface area contributed by atoms with E-state index >= 15 is 0 Å². The van der Waals surface area contributed by atoms with Gasteiger partial charge in [0.1, 0.15) is 6.04 Å². The molecule has 1 aromatic carbocycles. The number of aliphatic carboxylic acids is 1. The number of rotatable bonds is 4. The van der Waals surface area contributed by atoms with E-state index in [0.29, 0.717) is 19.3 Å². The number of benzene rings is 1. The zero-order valence-electron chi connectivity index (χ0n) is 13.6. The second-order valence-corrected chi connectivity index (χ2v) is 6.87. The van der Waals surface area contributed by atoms with Crippen LogP contribution in [0.25, 0.3) is 0 Å². The monoisotopic (exact) mass is 319 g/mol. The van der Waals surface area contributed by atoms with Crippen molar-refractivity contribution in [1.82, 2.24) is 4.90 Å². The summed E-state index contributed by atoms with van der Waals surface area (Å²) in [4.78, 5) is 13.9. The van der Waals surface area contributed by atoms with E-state index in [2.05, 4.69) is 0 Å². The van der Waals surface area contributed by atoms with E-state index in [4.69, 9.17) is 0 Å². The van der Waals surface area contributed by atoms with Crippen molar-refractivity contribution in [2.75, 3.05) is 0 Å². The Hall–Kier alpha value is -1.43. The van der Waals surface area contributed by atoms with E-state index in [9.17, 15) is 20.1 Å². The Bertz CT molecular complexity index is 578. The van der Waals surface area contributed by atoms with Crippen molar-refractivity contribution in [3.8, 4) is 0 Å². The number of hydrogen-bond donors (Lipinski definition) is 3. The van der Waals surface area contributed by atoms with Crippen LogP contribution in [-0.4, -0.2) is 50.0 Å². The molecule has 23 heavy (non-hydrogen) atoms. The Morgan fingerprint density at radius 2 is 2.00 bits per heavy atom. The van der Waals surface area contributed by atoms with Crippen LogP contribution in [-0.2, 0) is 4.79 Å². The molecule has 0 aromatic heterocycles. The number of hydrogen-bond acceptors (Lipinski definition) is 4. The summed E-state index contributed by atoms with van der Waals surface area (Å²) in [5.74, 6) is -1.34. The van der Waals surface area contributed by atoms with E-state index in [-0.39, 0.29) is 6.04 Å². The Morgan fingerprint density at radius 3 is 2.57 bits per heavy atom. The van der Waals surface area contributed by atoms with Gasteiger partial charge in [-0.3, -0.25) is 9.69 Å². The SMILES string of the molecule is CC[C@]12CC[C@H]([C@H](O)[C@@H]1O)[C@@H](C(=O)O)N2[C@H](C)c1ccccc1. The molecule has 0 amide bonds. The van der Waals surface area contributed by atoms with Gasteiger partial charge in [0.05, 0.1) is 17.7 Å². The highest BCUT2D eigenvalue weighted by atomic mass is 16.4. The second kappa shape index (κ2) is 5.89. The average Bonchev–Trinajstić information content (AvgIpc) is 2.58. The number of aliphatic hydroxyl groups excluding tert-OH is 2. The maximum atomic E-state index is 12.0. The quantitative estimate of drug-likeness (QED) is 0.788. The van der Waals surface area contributed by atoms with Gasteiger partial charge in [0, 0.05) is 12.0 Å². The molecule has 3 N–H and O–H groups in total. The van der Waals surface area contributed by atoms with Crippen LogP contribution in [0.2, 0.25) is 0 Å². The van der Waals surface area contributed by atoms with Crippen LogP contribution in [0.15, 0.2) is 30.3 Å². The maximum absolute atomic E-state index is 12.0. The Kier molecular flexibility index (Phi) is 4.21. The molecule has 1 aromatic rings. The fourth-order valence-electron chi connectivity index (χ4n) is 4.79. The first-order valence-corrected chi connectivity index (χ1v) is 8.36. The van der Waals surface area contributed by atoms with Crippen molar-refractivity contribution in [2.45, 2.75) is 62.9 Å². The normalized spacial score (nSPS) is 38.4. The zero-order valence-corrected chi connectivity index (χ0v) is 13.6. The van der Waals surface area contributed by atoms with E-state index in [0.717, 1.165) is 5.56 Å². The molecule has 1 aliphatic carbocycles. The van der Waals surface area contributed by atoms with E-state index in [1.54, 1.807) is 0 Å². The molecule has 5 nitrogen and oxygen atoms in total. The van der Waals surface area contributed by atoms with Crippen LogP contribution in [0, 0.1) is 5.92 Å². The lowest BCUT2D eigenvalue weighted by Gasteiger charge is -2.63. The molecule has 5 heteroatoms. The lowest BCUT2D eigenvalue weighted by Crippen LogP contribution is -2.76. The number of carbonyl (C=O) groups is 1. The molecule has 2 saturated heterocycles. The molecular weight excluding hydrogens is 294 g/mol. The van der Waals surface area contributed by atoms with Crippen molar-refractivity contribution in [2.24, 2.45) is 5.92 Å². The largest absolute Gasteiger partial charge is 0.480 e. The number of piperidine rings is 2. The van der Waals surface area contributed by atoms with E-state index in [1.807, 2.05) is 49.1 Å². The maximum Gasteiger partial charge on any atom is 0.321 e. The van der Waals surface area contributed by atoms with Crippen molar-refractivity contribution in [1.29, 1.82) is 0 Å². The lowest BCUT2D eigenvalue weighted by atomic mass is 9.61. The summed E-state index contributed by atoms with van der Waals surface area (Å²) >= 11 is 0. The van der Waals surface area contributed by atoms with Crippen LogP contribution in [0.3, 0.4) is 0 Å². The number of fused-ring (bicyclic) bond motifs is 3. The third kappa shape index (κ3) is 2.30. The van der Waals surface area contributed by atoms with Crippen LogP contribution in [0.4, 0.5) is 0 Å². The summed E-state index contributed by atoms with van der Waals surface area (Å²) < 4.78 is 0. The van der Waals surface area contributed by atoms with Gasteiger partial charge in [-0.2, -0.15) is 0 Å². The molecule has 1 saturated carbocycles. The van der Waals surface area contributed by atoms with Crippen molar-refractivity contribution in [3.63, 3.8) is 0 Å². The van der Waals surface area contributed by atoms with Crippen LogP contribution in [0.1, 0.15) is 44.7 Å². The molecular formula is C18H25NO4. The highest BCUT2D eigenvalue weighted by Gasteiger charge is 2.63. The molecule has 2 aliphatic heterocycles. The van der Waals surface area contributed by atoms with Gasteiger partial charge in [0.2, 0.25) is 0 Å². The van der Waals surface area contributed by atoms with Crippen LogP contribution in [0.5, 0.6) is 0 Å². The summed E-state index contributed by atoms with van der Waals surface area (Å²) in [6.45, 7) is 3.95. The molecule has 3 aliphatic rings. The predicted molar refractivity (Wildman–Crippen MR) is 85.9 cm³/mol. The second-order valence-electron chi connectivity index (χ2n) is 6.87. The smallest absolute Gasteiger partial charge is 0.321 e. The number of aliphatic hydroxyl groups is 2. The van der Waals surface area contributed by atoms with Gasteiger partial charge < -0.3 is 15.3 Å². The fraction of sp³-hybridized carbons (Fsp3) is 0.611. The van der Waals surface area contributed by atoms with Gasteiger partial charge in [-0.15, -0.1) is 0 Å². The van der Waals surface area contributed by atoms with Crippen LogP contribution >= 0.6 is 0 Å². The molecule has 2 bridgehead atoms. The van der Waals surface area contributed by atoms with Gasteiger partial charge in [-0.25, -0.2) is 0 Å². The summed E-state index contributed by atoms with van der Waals surface area (Å²) in [5.41, 5.74) is 0.341. The van der Waals surface area contributed by atoms with E-state index in [1.165, 1.54) is 0 Å². The predicted octanol–water partition coefficient (Wildman–Crippen LogP) is 1.80. The van der Waals surface area contributed by atoms with Crippen molar-refractivity contribution >= 4 is 5.97 Å². The molecule has 0 spiro atoms. The molecule has 126 valence electrons. The fourth-order valence-corrected chi connectivity index (χ4v) is 4.79. The lowest BCUT2D eigenvalue weighted by molar-refractivity contribution is -0.231. The number of carboxylic acids is 1. The Balaban J connectivity index is 2.08. The summed E-state index contributed by atoms with van der Waals surface area (Å²) in [5, 5.41) is 30.9. The number of carboxylic acid groups (broad SMARTS) is 1. The molecule has 6 atom stereocenters. The van der Waals surface area contributed by atoms with Gasteiger partial charge in [-0.1, -0.05) is 37.3 Å². The Labute approximate surface area is 136 Å². The highest BCUT2D eigenvalue weighted by Crippen LogP contribution is 2.52.